The second-order valence-corrected chi connectivity index (χ2v) is 23.5. The molecule has 0 radical (unpaired) electrons. The van der Waals surface area contributed by atoms with Gasteiger partial charge >= 0.3 is 6.85 Å². The molecule has 2 aliphatic heterocycles. The molecule has 1 aromatic heterocycles. The van der Waals surface area contributed by atoms with Crippen molar-refractivity contribution in [1.82, 2.24) is 4.57 Å². The molecule has 0 bridgehead atoms. The number of fused-ring (bicyclic) bond motifs is 14. The van der Waals surface area contributed by atoms with E-state index < -0.39 is 0 Å². The Labute approximate surface area is 375 Å². The first-order chi connectivity index (χ1) is 29.7. The highest BCUT2D eigenvalue weighted by molar-refractivity contribution is 6.93. The van der Waals surface area contributed by atoms with Crippen LogP contribution in [-0.4, -0.2) is 11.4 Å². The molecule has 3 heterocycles. The molecule has 8 aromatic rings. The van der Waals surface area contributed by atoms with Crippen molar-refractivity contribution in [1.29, 1.82) is 0 Å². The van der Waals surface area contributed by atoms with Crippen LogP contribution in [0.25, 0.3) is 60.9 Å². The maximum Gasteiger partial charge on any atom is 0.333 e. The number of aromatic nitrogens is 1. The SMILES string of the molecule is CC(C)(C)c1ccc(N2B3c4cc(C(C)(C)C)ccc4-n4c5cc6c(cc5c5ccc(c3c54)-c3cc4c(cc32)-c2ccc(C(C)(C)C)cc2C4(C)C)C(C)(C)c2ccccc2-6)cc1. The smallest absolute Gasteiger partial charge is 0.333 e. The van der Waals surface area contributed by atoms with E-state index >= 15 is 0 Å². The second kappa shape index (κ2) is 12.1. The standard InChI is InChI=1S/C60H59BN2/c1-56(2,3)34-18-22-37(23-19-34)63-53-33-43-39-24-20-35(57(4,5)6)28-47(39)60(12,13)49(43)30-44(53)40-25-26-41-45-31-48-42(38-16-14-15-17-46(38)59(48,10)11)32-52(45)62-51-27-21-36(58(7,8)9)29-50(51)61(63)54(40)55(41)62/h14-33H,1-13H3. The molecule has 312 valence electrons. The number of benzene rings is 7. The summed E-state index contributed by atoms with van der Waals surface area (Å²) < 4.78 is 2.66. The first-order valence-electron chi connectivity index (χ1n) is 23.3. The fourth-order valence-electron chi connectivity index (χ4n) is 12.2. The van der Waals surface area contributed by atoms with Crippen LogP contribution in [0.1, 0.15) is 129 Å². The van der Waals surface area contributed by atoms with E-state index in [1.807, 2.05) is 0 Å². The van der Waals surface area contributed by atoms with Crippen molar-refractivity contribution >= 4 is 51.0 Å². The minimum atomic E-state index is -0.148. The summed E-state index contributed by atoms with van der Waals surface area (Å²) in [7, 11) is 0. The summed E-state index contributed by atoms with van der Waals surface area (Å²) in [5.74, 6) is 0. The van der Waals surface area contributed by atoms with Crippen LogP contribution in [0.3, 0.4) is 0 Å². The van der Waals surface area contributed by atoms with Crippen molar-refractivity contribution in [3.05, 3.63) is 160 Å². The molecule has 0 unspecified atom stereocenters. The van der Waals surface area contributed by atoms with Gasteiger partial charge in [0.25, 0.3) is 0 Å². The van der Waals surface area contributed by atoms with Crippen LogP contribution in [0, 0.1) is 0 Å². The molecule has 3 heteroatoms. The molecule has 0 saturated heterocycles. The van der Waals surface area contributed by atoms with E-state index in [4.69, 9.17) is 0 Å². The van der Waals surface area contributed by atoms with Gasteiger partial charge in [0.1, 0.15) is 0 Å². The Kier molecular flexibility index (Phi) is 7.43. The van der Waals surface area contributed by atoms with E-state index in [2.05, 4.69) is 221 Å². The minimum absolute atomic E-state index is 0.0210. The highest BCUT2D eigenvalue weighted by atomic mass is 15.1. The largest absolute Gasteiger partial charge is 0.376 e. The number of anilines is 2. The van der Waals surface area contributed by atoms with Crippen LogP contribution in [0.4, 0.5) is 11.4 Å². The molecule has 0 atom stereocenters. The third-order valence-electron chi connectivity index (χ3n) is 15.9. The average molecular weight is 819 g/mol. The van der Waals surface area contributed by atoms with Gasteiger partial charge in [-0.2, -0.15) is 0 Å². The first kappa shape index (κ1) is 38.8. The Bertz CT molecular complexity index is 3330. The Hall–Kier alpha value is -5.80. The maximum absolute atomic E-state index is 2.73. The number of nitrogens with zero attached hydrogens (tertiary/aromatic N) is 2. The molecule has 0 saturated carbocycles. The van der Waals surface area contributed by atoms with Gasteiger partial charge in [-0.3, -0.25) is 0 Å². The van der Waals surface area contributed by atoms with Crippen LogP contribution in [0.2, 0.25) is 0 Å². The zero-order valence-corrected chi connectivity index (χ0v) is 39.5. The summed E-state index contributed by atoms with van der Waals surface area (Å²) in [6, 6.07) is 48.5. The lowest BCUT2D eigenvalue weighted by Crippen LogP contribution is -2.60. The van der Waals surface area contributed by atoms with E-state index in [-0.39, 0.29) is 33.9 Å². The molecular weight excluding hydrogens is 759 g/mol. The molecular formula is C60H59BN2. The average Bonchev–Trinajstić information content (AvgIpc) is 3.77. The summed E-state index contributed by atoms with van der Waals surface area (Å²) in [4.78, 5) is 2.73. The molecule has 4 aliphatic rings. The van der Waals surface area contributed by atoms with Crippen LogP contribution >= 0.6 is 0 Å². The van der Waals surface area contributed by atoms with Crippen molar-refractivity contribution < 1.29 is 0 Å². The molecule has 0 N–H and O–H groups in total. The number of rotatable bonds is 1. The quantitative estimate of drug-likeness (QED) is 0.150. The normalized spacial score (nSPS) is 16.2. The lowest BCUT2D eigenvalue weighted by molar-refractivity contribution is 0.584. The Balaban J connectivity index is 1.21. The molecule has 7 aromatic carbocycles. The second-order valence-electron chi connectivity index (χ2n) is 23.5. The molecule has 12 rings (SSSR count). The lowest BCUT2D eigenvalue weighted by atomic mass is 9.43. The van der Waals surface area contributed by atoms with Crippen molar-refractivity contribution in [2.24, 2.45) is 0 Å². The Morgan fingerprint density at radius 2 is 1.00 bits per heavy atom. The van der Waals surface area contributed by atoms with E-state index in [1.165, 1.54) is 122 Å². The van der Waals surface area contributed by atoms with Gasteiger partial charge in [0.15, 0.2) is 0 Å². The lowest BCUT2D eigenvalue weighted by Gasteiger charge is -2.43. The van der Waals surface area contributed by atoms with E-state index in [0.717, 1.165) is 0 Å². The Morgan fingerprint density at radius 3 is 1.71 bits per heavy atom. The van der Waals surface area contributed by atoms with E-state index in [9.17, 15) is 0 Å². The minimum Gasteiger partial charge on any atom is -0.376 e. The van der Waals surface area contributed by atoms with Crippen molar-refractivity contribution in [2.45, 2.75) is 117 Å². The number of hydrogen-bond acceptors (Lipinski definition) is 1. The maximum atomic E-state index is 2.73. The summed E-state index contributed by atoms with van der Waals surface area (Å²) in [5.41, 5.74) is 27.0. The van der Waals surface area contributed by atoms with Gasteiger partial charge in [0, 0.05) is 44.2 Å². The van der Waals surface area contributed by atoms with Crippen LogP contribution < -0.4 is 15.7 Å². The van der Waals surface area contributed by atoms with Gasteiger partial charge in [0.2, 0.25) is 0 Å². The highest BCUT2D eigenvalue weighted by Gasteiger charge is 2.47. The summed E-state index contributed by atoms with van der Waals surface area (Å²) in [5, 5.41) is 2.68. The van der Waals surface area contributed by atoms with Crippen molar-refractivity contribution in [2.75, 3.05) is 4.81 Å². The molecule has 0 amide bonds. The van der Waals surface area contributed by atoms with Crippen molar-refractivity contribution in [3.63, 3.8) is 0 Å². The molecule has 2 aliphatic carbocycles. The van der Waals surface area contributed by atoms with Crippen molar-refractivity contribution in [3.8, 4) is 39.1 Å². The fourth-order valence-corrected chi connectivity index (χ4v) is 12.2. The van der Waals surface area contributed by atoms with Crippen LogP contribution in [-0.2, 0) is 27.1 Å². The summed E-state index contributed by atoms with van der Waals surface area (Å²) in [6.45, 7) is 30.7. The molecule has 2 nitrogen and oxygen atoms in total. The van der Waals surface area contributed by atoms with Gasteiger partial charge in [-0.25, -0.2) is 0 Å². The van der Waals surface area contributed by atoms with Gasteiger partial charge in [-0.05, 0) is 136 Å². The van der Waals surface area contributed by atoms with Crippen LogP contribution in [0.5, 0.6) is 0 Å². The summed E-state index contributed by atoms with van der Waals surface area (Å²) in [6.07, 6.45) is 0. The van der Waals surface area contributed by atoms with Gasteiger partial charge < -0.3 is 9.38 Å². The zero-order chi connectivity index (χ0) is 44.1. The third kappa shape index (κ3) is 5.09. The highest BCUT2D eigenvalue weighted by Crippen LogP contribution is 2.56. The van der Waals surface area contributed by atoms with E-state index in [0.29, 0.717) is 0 Å². The first-order valence-corrected chi connectivity index (χ1v) is 23.3. The van der Waals surface area contributed by atoms with Gasteiger partial charge in [-0.15, -0.1) is 0 Å². The molecule has 63 heavy (non-hydrogen) atoms. The van der Waals surface area contributed by atoms with Gasteiger partial charge in [-0.1, -0.05) is 169 Å². The zero-order valence-electron chi connectivity index (χ0n) is 39.5. The van der Waals surface area contributed by atoms with Crippen LogP contribution in [0.15, 0.2) is 121 Å². The summed E-state index contributed by atoms with van der Waals surface area (Å²) >= 11 is 0. The predicted molar refractivity (Wildman–Crippen MR) is 271 cm³/mol. The fraction of sp³-hybridized carbons (Fsp3) is 0.300. The number of hydrogen-bond donors (Lipinski definition) is 0. The predicted octanol–water partition coefficient (Wildman–Crippen LogP) is 14.5. The monoisotopic (exact) mass is 818 g/mol. The third-order valence-corrected chi connectivity index (χ3v) is 15.9. The Morgan fingerprint density at radius 1 is 0.429 bits per heavy atom. The molecule has 0 fully saturated rings. The van der Waals surface area contributed by atoms with E-state index in [1.54, 1.807) is 0 Å². The van der Waals surface area contributed by atoms with Gasteiger partial charge in [0.05, 0.1) is 11.0 Å². The molecule has 0 spiro atoms. The topological polar surface area (TPSA) is 8.17 Å².